The van der Waals surface area contributed by atoms with Crippen molar-refractivity contribution in [3.63, 3.8) is 0 Å². The molecule has 3 N–H and O–H groups in total. The topological polar surface area (TPSA) is 103 Å². The Morgan fingerprint density at radius 3 is 2.74 bits per heavy atom. The fraction of sp³-hybridized carbons (Fsp3) is 0.526. The lowest BCUT2D eigenvalue weighted by atomic mass is 9.84. The van der Waals surface area contributed by atoms with E-state index in [2.05, 4.69) is 15.5 Å². The molecule has 27 heavy (non-hydrogen) atoms. The number of para-hydroxylation sites is 1. The number of halogens is 1. The Morgan fingerprint density at radius 1 is 1.33 bits per heavy atom. The van der Waals surface area contributed by atoms with Crippen LogP contribution in [0.1, 0.15) is 54.2 Å². The molecule has 0 aliphatic heterocycles. The maximum atomic E-state index is 12.8. The molecule has 1 aromatic carbocycles. The summed E-state index contributed by atoms with van der Waals surface area (Å²) in [5, 5.41) is 6.90. The molecule has 0 bridgehead atoms. The molecule has 1 atom stereocenters. The maximum Gasteiger partial charge on any atom is 0.255 e. The van der Waals surface area contributed by atoms with Crippen molar-refractivity contribution in [2.24, 2.45) is 11.7 Å². The molecule has 2 aromatic rings. The van der Waals surface area contributed by atoms with Gasteiger partial charge in [-0.15, -0.1) is 12.4 Å². The van der Waals surface area contributed by atoms with E-state index >= 15 is 0 Å². The van der Waals surface area contributed by atoms with Crippen LogP contribution in [-0.2, 0) is 6.61 Å². The van der Waals surface area contributed by atoms with Crippen molar-refractivity contribution < 1.29 is 14.1 Å². The highest BCUT2D eigenvalue weighted by atomic mass is 35.5. The molecular weight excluding hydrogens is 368 g/mol. The third-order valence-corrected chi connectivity index (χ3v) is 4.85. The zero-order valence-corrected chi connectivity index (χ0v) is 16.3. The van der Waals surface area contributed by atoms with Crippen LogP contribution in [-0.4, -0.2) is 28.6 Å². The Kier molecular flexibility index (Phi) is 8.06. The molecule has 0 spiro atoms. The van der Waals surface area contributed by atoms with Gasteiger partial charge >= 0.3 is 0 Å². The number of aryl methyl sites for hydroxylation is 1. The fourth-order valence-corrected chi connectivity index (χ4v) is 3.47. The van der Waals surface area contributed by atoms with Crippen LogP contribution in [0.25, 0.3) is 0 Å². The summed E-state index contributed by atoms with van der Waals surface area (Å²) in [5.74, 6) is 1.71. The number of carbonyl (C=O) groups excluding carboxylic acids is 1. The molecule has 1 amide bonds. The van der Waals surface area contributed by atoms with E-state index in [1.165, 1.54) is 19.3 Å². The number of nitrogens with two attached hydrogens (primary N) is 1. The highest BCUT2D eigenvalue weighted by molar-refractivity contribution is 5.97. The highest BCUT2D eigenvalue weighted by Gasteiger charge is 2.25. The van der Waals surface area contributed by atoms with E-state index in [0.717, 1.165) is 12.8 Å². The van der Waals surface area contributed by atoms with Crippen molar-refractivity contribution in [3.8, 4) is 5.75 Å². The van der Waals surface area contributed by atoms with Crippen LogP contribution in [0.3, 0.4) is 0 Å². The Hall–Kier alpha value is -2.12. The fourth-order valence-electron chi connectivity index (χ4n) is 3.47. The van der Waals surface area contributed by atoms with Crippen molar-refractivity contribution in [1.29, 1.82) is 0 Å². The molecular formula is C19H27ClN4O3. The summed E-state index contributed by atoms with van der Waals surface area (Å²) < 4.78 is 10.7. The average Bonchev–Trinajstić information content (AvgIpc) is 3.10. The van der Waals surface area contributed by atoms with Crippen LogP contribution in [0, 0.1) is 12.8 Å². The van der Waals surface area contributed by atoms with Crippen LogP contribution in [0.4, 0.5) is 0 Å². The maximum absolute atomic E-state index is 12.8. The van der Waals surface area contributed by atoms with Gasteiger partial charge in [-0.1, -0.05) is 36.6 Å². The molecule has 7 nitrogen and oxygen atoms in total. The molecule has 0 radical (unpaired) electrons. The second kappa shape index (κ2) is 10.3. The average molecular weight is 395 g/mol. The first-order chi connectivity index (χ1) is 12.7. The Morgan fingerprint density at radius 2 is 2.07 bits per heavy atom. The summed E-state index contributed by atoms with van der Waals surface area (Å²) >= 11 is 0. The standard InChI is InChI=1S/C19H26N4O3.ClH/c1-13-21-18(23-26-13)12-25-17-10-6-5-9-15(17)19(24)22-16(11-20)14-7-3-2-4-8-14;/h5-6,9-10,14,16H,2-4,7-8,11-12,20H2,1H3,(H,22,24);1H. The number of nitrogens with one attached hydrogen (secondary N) is 1. The van der Waals surface area contributed by atoms with Crippen LogP contribution in [0.15, 0.2) is 28.8 Å². The van der Waals surface area contributed by atoms with E-state index in [1.807, 2.05) is 12.1 Å². The number of nitrogens with zero attached hydrogens (tertiary/aromatic N) is 2. The van der Waals surface area contributed by atoms with Gasteiger partial charge in [-0.3, -0.25) is 4.79 Å². The Balaban J connectivity index is 0.00000261. The number of benzene rings is 1. The normalized spacial score (nSPS) is 15.6. The first-order valence-corrected chi connectivity index (χ1v) is 9.19. The first kappa shape index (κ1) is 21.2. The van der Waals surface area contributed by atoms with Gasteiger partial charge in [0.1, 0.15) is 5.75 Å². The second-order valence-corrected chi connectivity index (χ2v) is 6.73. The van der Waals surface area contributed by atoms with E-state index in [9.17, 15) is 4.79 Å². The summed E-state index contributed by atoms with van der Waals surface area (Å²) in [7, 11) is 0. The molecule has 1 aliphatic rings. The minimum Gasteiger partial charge on any atom is -0.485 e. The highest BCUT2D eigenvalue weighted by Crippen LogP contribution is 2.27. The van der Waals surface area contributed by atoms with Gasteiger partial charge in [0.25, 0.3) is 5.91 Å². The molecule has 8 heteroatoms. The number of hydrogen-bond donors (Lipinski definition) is 2. The van der Waals surface area contributed by atoms with Crippen LogP contribution in [0.5, 0.6) is 5.75 Å². The van der Waals surface area contributed by atoms with Crippen LogP contribution >= 0.6 is 12.4 Å². The Bertz CT molecular complexity index is 731. The van der Waals surface area contributed by atoms with Crippen molar-refractivity contribution in [2.45, 2.75) is 51.7 Å². The largest absolute Gasteiger partial charge is 0.485 e. The summed E-state index contributed by atoms with van der Waals surface area (Å²) in [6.07, 6.45) is 5.94. The van der Waals surface area contributed by atoms with E-state index in [-0.39, 0.29) is 31.0 Å². The predicted molar refractivity (Wildman–Crippen MR) is 104 cm³/mol. The summed E-state index contributed by atoms with van der Waals surface area (Å²) in [5.41, 5.74) is 6.42. The summed E-state index contributed by atoms with van der Waals surface area (Å²) in [6.45, 7) is 2.31. The van der Waals surface area contributed by atoms with Gasteiger partial charge in [-0.05, 0) is 30.9 Å². The van der Waals surface area contributed by atoms with Gasteiger partial charge < -0.3 is 20.3 Å². The zero-order chi connectivity index (χ0) is 18.4. The SMILES string of the molecule is Cc1nc(COc2ccccc2C(=O)NC(CN)C2CCCCC2)no1.Cl. The van der Waals surface area contributed by atoms with Gasteiger partial charge in [0.2, 0.25) is 11.7 Å². The second-order valence-electron chi connectivity index (χ2n) is 6.73. The van der Waals surface area contributed by atoms with E-state index in [0.29, 0.717) is 35.5 Å². The van der Waals surface area contributed by atoms with Crippen molar-refractivity contribution in [2.75, 3.05) is 6.54 Å². The molecule has 1 unspecified atom stereocenters. The smallest absolute Gasteiger partial charge is 0.255 e. The van der Waals surface area contributed by atoms with Gasteiger partial charge in [-0.25, -0.2) is 0 Å². The lowest BCUT2D eigenvalue weighted by molar-refractivity contribution is 0.0911. The molecule has 1 aromatic heterocycles. The molecule has 3 rings (SSSR count). The summed E-state index contributed by atoms with van der Waals surface area (Å²) in [6, 6.07) is 7.16. The predicted octanol–water partition coefficient (Wildman–Crippen LogP) is 3.02. The van der Waals surface area contributed by atoms with Crippen molar-refractivity contribution in [1.82, 2.24) is 15.5 Å². The number of carbonyl (C=O) groups is 1. The number of rotatable bonds is 7. The quantitative estimate of drug-likeness (QED) is 0.748. The van der Waals surface area contributed by atoms with Gasteiger partial charge in [-0.2, -0.15) is 4.98 Å². The van der Waals surface area contributed by atoms with Crippen molar-refractivity contribution in [3.05, 3.63) is 41.5 Å². The third-order valence-electron chi connectivity index (χ3n) is 4.85. The van der Waals surface area contributed by atoms with Crippen molar-refractivity contribution >= 4 is 18.3 Å². The summed E-state index contributed by atoms with van der Waals surface area (Å²) in [4.78, 5) is 16.9. The number of amides is 1. The number of ether oxygens (including phenoxy) is 1. The van der Waals surface area contributed by atoms with Gasteiger partial charge in [0.15, 0.2) is 6.61 Å². The number of hydrogen-bond acceptors (Lipinski definition) is 6. The molecule has 1 aliphatic carbocycles. The molecule has 148 valence electrons. The van der Waals surface area contributed by atoms with E-state index in [1.54, 1.807) is 19.1 Å². The van der Waals surface area contributed by atoms with Gasteiger partial charge in [0, 0.05) is 19.5 Å². The lowest BCUT2D eigenvalue weighted by Crippen LogP contribution is -2.46. The lowest BCUT2D eigenvalue weighted by Gasteiger charge is -2.30. The molecule has 1 heterocycles. The van der Waals surface area contributed by atoms with Crippen LogP contribution < -0.4 is 15.8 Å². The monoisotopic (exact) mass is 394 g/mol. The van der Waals surface area contributed by atoms with E-state index < -0.39 is 0 Å². The number of aromatic nitrogens is 2. The first-order valence-electron chi connectivity index (χ1n) is 9.19. The van der Waals surface area contributed by atoms with Gasteiger partial charge in [0.05, 0.1) is 5.56 Å². The molecule has 1 saturated carbocycles. The minimum absolute atomic E-state index is 0. The Labute approximate surface area is 165 Å². The molecule has 1 fully saturated rings. The third kappa shape index (κ3) is 5.68. The molecule has 0 saturated heterocycles. The van der Waals surface area contributed by atoms with Crippen LogP contribution in [0.2, 0.25) is 0 Å². The zero-order valence-electron chi connectivity index (χ0n) is 15.5. The minimum atomic E-state index is -0.161. The van der Waals surface area contributed by atoms with E-state index in [4.69, 9.17) is 15.0 Å².